The normalized spacial score (nSPS) is 17.5. The second-order valence-electron chi connectivity index (χ2n) is 7.67. The number of fused-ring (bicyclic) bond motifs is 1. The number of nitrogens with one attached hydrogen (secondary N) is 1. The topological polar surface area (TPSA) is 48.7 Å². The fraction of sp³-hybridized carbons (Fsp3) is 0.571. The van der Waals surface area contributed by atoms with Crippen LogP contribution in [0.3, 0.4) is 0 Å². The van der Waals surface area contributed by atoms with Crippen molar-refractivity contribution in [3.05, 3.63) is 35.1 Å². The number of nitrogens with zero attached hydrogens (tertiary/aromatic N) is 2. The molecule has 0 bridgehead atoms. The van der Waals surface area contributed by atoms with Gasteiger partial charge >= 0.3 is 0 Å². The van der Waals surface area contributed by atoms with Crippen molar-refractivity contribution in [2.45, 2.75) is 39.7 Å². The van der Waals surface area contributed by atoms with E-state index in [1.165, 1.54) is 11.1 Å². The van der Waals surface area contributed by atoms with E-state index < -0.39 is 0 Å². The number of likely N-dealkylation sites (N-methyl/N-ethyl adjacent to an activating group) is 1. The van der Waals surface area contributed by atoms with E-state index in [1.807, 2.05) is 6.07 Å². The second kappa shape index (κ2) is 8.23. The largest absolute Gasteiger partial charge is 0.464 e. The van der Waals surface area contributed by atoms with E-state index in [0.29, 0.717) is 6.42 Å². The van der Waals surface area contributed by atoms with Gasteiger partial charge < -0.3 is 14.6 Å². The predicted molar refractivity (Wildman–Crippen MR) is 106 cm³/mol. The van der Waals surface area contributed by atoms with Crippen molar-refractivity contribution in [1.29, 1.82) is 0 Å². The number of benzene rings is 1. The molecule has 3 rings (SSSR count). The maximum atomic E-state index is 12.6. The Morgan fingerprint density at radius 1 is 1.23 bits per heavy atom. The lowest BCUT2D eigenvalue weighted by Crippen LogP contribution is -2.50. The summed E-state index contributed by atoms with van der Waals surface area (Å²) in [6.45, 7) is 11.6. The van der Waals surface area contributed by atoms with Gasteiger partial charge in [-0.2, -0.15) is 0 Å². The molecule has 26 heavy (non-hydrogen) atoms. The summed E-state index contributed by atoms with van der Waals surface area (Å²) >= 11 is 0. The average molecular weight is 357 g/mol. The van der Waals surface area contributed by atoms with Crippen molar-refractivity contribution in [2.75, 3.05) is 39.8 Å². The molecule has 0 radical (unpaired) electrons. The minimum atomic E-state index is 0.0775. The Morgan fingerprint density at radius 3 is 2.65 bits per heavy atom. The van der Waals surface area contributed by atoms with Gasteiger partial charge in [0.1, 0.15) is 5.58 Å². The molecular formula is C21H31N3O2. The number of hydrogen-bond donors (Lipinski definition) is 1. The SMILES string of the molecule is CCC(CN1CCN(C)CC1)NC(=O)Cc1coc2cc(C)cc(C)c12. The van der Waals surface area contributed by atoms with Crippen LogP contribution in [0.4, 0.5) is 0 Å². The van der Waals surface area contributed by atoms with E-state index >= 15 is 0 Å². The molecule has 2 heterocycles. The van der Waals surface area contributed by atoms with E-state index in [-0.39, 0.29) is 11.9 Å². The molecule has 5 heteroatoms. The van der Waals surface area contributed by atoms with Crippen LogP contribution in [0.1, 0.15) is 30.0 Å². The smallest absolute Gasteiger partial charge is 0.224 e. The van der Waals surface area contributed by atoms with Gasteiger partial charge in [0.25, 0.3) is 0 Å². The Balaban J connectivity index is 1.61. The Bertz CT molecular complexity index is 760. The lowest BCUT2D eigenvalue weighted by Gasteiger charge is -2.34. The molecule has 1 atom stereocenters. The molecule has 2 aromatic rings. The van der Waals surface area contributed by atoms with Crippen molar-refractivity contribution in [3.63, 3.8) is 0 Å². The molecule has 1 fully saturated rings. The molecule has 1 aliphatic rings. The number of piperazine rings is 1. The lowest BCUT2D eigenvalue weighted by molar-refractivity contribution is -0.121. The summed E-state index contributed by atoms with van der Waals surface area (Å²) in [4.78, 5) is 17.4. The number of furan rings is 1. The van der Waals surface area contributed by atoms with Crippen LogP contribution >= 0.6 is 0 Å². The molecule has 142 valence electrons. The maximum absolute atomic E-state index is 12.6. The summed E-state index contributed by atoms with van der Waals surface area (Å²) in [7, 11) is 2.16. The third-order valence-electron chi connectivity index (χ3n) is 5.38. The van der Waals surface area contributed by atoms with Gasteiger partial charge in [0.05, 0.1) is 12.7 Å². The fourth-order valence-electron chi connectivity index (χ4n) is 3.83. The summed E-state index contributed by atoms with van der Waals surface area (Å²) in [5.41, 5.74) is 4.19. The van der Waals surface area contributed by atoms with Gasteiger partial charge in [0, 0.05) is 49.7 Å². The highest BCUT2D eigenvalue weighted by molar-refractivity contribution is 5.90. The molecular weight excluding hydrogens is 326 g/mol. The number of carbonyl (C=O) groups is 1. The molecule has 1 saturated heterocycles. The minimum Gasteiger partial charge on any atom is -0.464 e. The third kappa shape index (κ3) is 4.46. The van der Waals surface area contributed by atoms with Crippen LogP contribution in [0.5, 0.6) is 0 Å². The van der Waals surface area contributed by atoms with Gasteiger partial charge in [-0.05, 0) is 44.5 Å². The highest BCUT2D eigenvalue weighted by atomic mass is 16.3. The zero-order valence-electron chi connectivity index (χ0n) is 16.5. The van der Waals surface area contributed by atoms with Crippen LogP contribution in [-0.4, -0.2) is 61.5 Å². The Kier molecular flexibility index (Phi) is 5.99. The molecule has 5 nitrogen and oxygen atoms in total. The number of amides is 1. The Hall–Kier alpha value is -1.85. The summed E-state index contributed by atoms with van der Waals surface area (Å²) in [6.07, 6.45) is 3.05. The van der Waals surface area contributed by atoms with Gasteiger partial charge in [-0.1, -0.05) is 13.0 Å². The summed E-state index contributed by atoms with van der Waals surface area (Å²) < 4.78 is 5.68. The zero-order valence-corrected chi connectivity index (χ0v) is 16.5. The summed E-state index contributed by atoms with van der Waals surface area (Å²) in [5.74, 6) is 0.0775. The first kappa shape index (κ1) is 18.9. The van der Waals surface area contributed by atoms with E-state index in [9.17, 15) is 4.79 Å². The summed E-state index contributed by atoms with van der Waals surface area (Å²) in [5, 5.41) is 4.30. The highest BCUT2D eigenvalue weighted by Gasteiger charge is 2.20. The number of carbonyl (C=O) groups excluding carboxylic acids is 1. The van der Waals surface area contributed by atoms with Crippen molar-refractivity contribution in [1.82, 2.24) is 15.1 Å². The lowest BCUT2D eigenvalue weighted by atomic mass is 10.0. The van der Waals surface area contributed by atoms with Crippen LogP contribution in [0.15, 0.2) is 22.8 Å². The molecule has 1 aromatic carbocycles. The van der Waals surface area contributed by atoms with Crippen LogP contribution in [0, 0.1) is 13.8 Å². The summed E-state index contributed by atoms with van der Waals surface area (Å²) in [6, 6.07) is 4.38. The first-order chi connectivity index (χ1) is 12.5. The molecule has 0 saturated carbocycles. The molecule has 0 spiro atoms. The van der Waals surface area contributed by atoms with Crippen LogP contribution < -0.4 is 5.32 Å². The van der Waals surface area contributed by atoms with Crippen molar-refractivity contribution < 1.29 is 9.21 Å². The number of aryl methyl sites for hydroxylation is 2. The van der Waals surface area contributed by atoms with Crippen molar-refractivity contribution in [2.24, 2.45) is 0 Å². The molecule has 1 aliphatic heterocycles. The quantitative estimate of drug-likeness (QED) is 0.864. The van der Waals surface area contributed by atoms with Crippen LogP contribution in [-0.2, 0) is 11.2 Å². The number of rotatable bonds is 6. The van der Waals surface area contributed by atoms with Gasteiger partial charge in [-0.3, -0.25) is 9.69 Å². The molecule has 0 aliphatic carbocycles. The molecule has 1 aromatic heterocycles. The maximum Gasteiger partial charge on any atom is 0.224 e. The molecule has 1 N–H and O–H groups in total. The van der Waals surface area contributed by atoms with Crippen molar-refractivity contribution >= 4 is 16.9 Å². The van der Waals surface area contributed by atoms with E-state index in [1.54, 1.807) is 6.26 Å². The second-order valence-corrected chi connectivity index (χ2v) is 7.67. The van der Waals surface area contributed by atoms with Gasteiger partial charge in [-0.15, -0.1) is 0 Å². The van der Waals surface area contributed by atoms with Gasteiger partial charge in [0.2, 0.25) is 5.91 Å². The minimum absolute atomic E-state index is 0.0775. The van der Waals surface area contributed by atoms with E-state index in [0.717, 1.165) is 55.7 Å². The average Bonchev–Trinajstić information content (AvgIpc) is 2.98. The Morgan fingerprint density at radius 2 is 1.96 bits per heavy atom. The van der Waals surface area contributed by atoms with Gasteiger partial charge in [-0.25, -0.2) is 0 Å². The standard InChI is InChI=1S/C21H31N3O2/c1-5-18(13-24-8-6-23(4)7-9-24)22-20(25)12-17-14-26-19-11-15(2)10-16(3)21(17)19/h10-11,14,18H,5-9,12-13H2,1-4H3,(H,22,25). The highest BCUT2D eigenvalue weighted by Crippen LogP contribution is 2.26. The van der Waals surface area contributed by atoms with Crippen LogP contribution in [0.25, 0.3) is 11.0 Å². The van der Waals surface area contributed by atoms with Gasteiger partial charge in [0.15, 0.2) is 0 Å². The third-order valence-corrected chi connectivity index (χ3v) is 5.38. The molecule has 1 unspecified atom stereocenters. The monoisotopic (exact) mass is 357 g/mol. The number of hydrogen-bond acceptors (Lipinski definition) is 4. The predicted octanol–water partition coefficient (Wildman–Crippen LogP) is 2.73. The first-order valence-corrected chi connectivity index (χ1v) is 9.64. The van der Waals surface area contributed by atoms with Crippen LogP contribution in [0.2, 0.25) is 0 Å². The zero-order chi connectivity index (χ0) is 18.7. The molecule has 1 amide bonds. The van der Waals surface area contributed by atoms with E-state index in [2.05, 4.69) is 49.0 Å². The Labute approximate surface area is 156 Å². The fourth-order valence-corrected chi connectivity index (χ4v) is 3.83. The first-order valence-electron chi connectivity index (χ1n) is 9.64. The van der Waals surface area contributed by atoms with Crippen molar-refractivity contribution in [3.8, 4) is 0 Å². The van der Waals surface area contributed by atoms with E-state index in [4.69, 9.17) is 4.42 Å².